The van der Waals surface area contributed by atoms with Crippen molar-refractivity contribution in [1.82, 2.24) is 4.90 Å². The van der Waals surface area contributed by atoms with E-state index in [1.807, 2.05) is 0 Å². The van der Waals surface area contributed by atoms with Crippen LogP contribution in [0.4, 0.5) is 9.18 Å². The van der Waals surface area contributed by atoms with E-state index in [9.17, 15) is 9.18 Å². The average molecular weight is 527 g/mol. The minimum absolute atomic E-state index is 0. The fourth-order valence-electron chi connectivity index (χ4n) is 0.0543. The first-order valence-corrected chi connectivity index (χ1v) is 3.52. The van der Waals surface area contributed by atoms with Gasteiger partial charge in [-0.3, -0.25) is 0 Å². The van der Waals surface area contributed by atoms with Gasteiger partial charge < -0.3 is 0 Å². The number of hydrogen-bond donors (Lipinski definition) is 0. The van der Waals surface area contributed by atoms with E-state index < -0.39 is 6.80 Å². The molecule has 0 rings (SSSR count). The van der Waals surface area contributed by atoms with Crippen LogP contribution in [0.25, 0.3) is 0 Å². The second kappa shape index (κ2) is 6.53. The maximum atomic E-state index is 11.3. The zero-order chi connectivity index (χ0) is 5.86. The molecule has 0 bridgehead atoms. The van der Waals surface area contributed by atoms with Crippen LogP contribution < -0.4 is 0 Å². The molecule has 2 nitrogen and oxygen atoms in total. The van der Waals surface area contributed by atoms with Crippen molar-refractivity contribution in [1.29, 1.82) is 0 Å². The molecule has 42 valence electrons. The van der Waals surface area contributed by atoms with Crippen molar-refractivity contribution in [2.24, 2.45) is 0 Å². The molecule has 0 fully saturated rings. The number of halogens is 1. The predicted molar refractivity (Wildman–Crippen MR) is 24.3 cm³/mol. The summed E-state index contributed by atoms with van der Waals surface area (Å²) in [6, 6.07) is 0. The molecular weight excluding hydrogens is 523 g/mol. The fraction of sp³-hybridized carbons (Fsp3) is 0.333. The number of hydrogen-bond acceptors (Lipinski definition) is 1. The van der Waals surface area contributed by atoms with Crippen LogP contribution in [0.15, 0.2) is 0 Å². The number of amides is 1. The SMILES string of the molecule is [CH2-]N(CF)[C](=O)[Pb].[Pa]. The van der Waals surface area contributed by atoms with Gasteiger partial charge in [0.25, 0.3) is 0 Å². The summed E-state index contributed by atoms with van der Waals surface area (Å²) in [5, 5.41) is 0. The van der Waals surface area contributed by atoms with Crippen molar-refractivity contribution < 1.29 is 41.5 Å². The van der Waals surface area contributed by atoms with Crippen molar-refractivity contribution in [3.63, 3.8) is 0 Å². The average Bonchev–Trinajstić information content (AvgIpc) is 1.65. The molecule has 0 aromatic carbocycles. The normalized spacial score (nSPS) is 7.38. The van der Waals surface area contributed by atoms with E-state index in [4.69, 9.17) is 0 Å². The van der Waals surface area contributed by atoms with Crippen LogP contribution in [0.2, 0.25) is 0 Å². The summed E-state index contributed by atoms with van der Waals surface area (Å²) in [4.78, 5) is 10.9. The first kappa shape index (κ1) is 12.1. The Balaban J connectivity index is 0. The van der Waals surface area contributed by atoms with Crippen molar-refractivity contribution >= 4 is 29.2 Å². The molecule has 0 aromatic rings. The summed E-state index contributed by atoms with van der Waals surface area (Å²) < 4.78 is 11.1. The maximum Gasteiger partial charge on any atom is 0 e. The number of nitrogens with zero attached hydrogens (tertiary/aromatic N) is 1. The van der Waals surface area contributed by atoms with E-state index >= 15 is 0 Å². The Morgan fingerprint density at radius 3 is 2.25 bits per heavy atom. The Labute approximate surface area is 88.4 Å². The zero-order valence-electron chi connectivity index (χ0n) is 4.22. The van der Waals surface area contributed by atoms with Crippen molar-refractivity contribution in [3.8, 4) is 0 Å². The van der Waals surface area contributed by atoms with E-state index in [1.165, 1.54) is 0 Å². The van der Waals surface area contributed by atoms with Crippen LogP contribution in [0, 0.1) is 39.4 Å². The second-order valence-electron chi connectivity index (χ2n) is 0.965. The molecule has 0 aliphatic rings. The predicted octanol–water partition coefficient (Wildman–Crippen LogP) is 0.295. The maximum absolute atomic E-state index is 11.3. The van der Waals surface area contributed by atoms with Crippen LogP contribution in [0.3, 0.4) is 0 Å². The fourth-order valence-corrected chi connectivity index (χ4v) is 0.287. The smallest absolute Gasteiger partial charge is 0 e. The summed E-state index contributed by atoms with van der Waals surface area (Å²) in [7, 11) is 3.10. The number of carbonyl (C=O) groups excluding carboxylic acids is 1. The van der Waals surface area contributed by atoms with Gasteiger partial charge >= 0.3 is 57.2 Å². The van der Waals surface area contributed by atoms with Gasteiger partial charge in [-0.15, -0.1) is 0 Å². The Morgan fingerprint density at radius 1 is 1.88 bits per heavy atom. The third-order valence-electron chi connectivity index (χ3n) is 0.431. The van der Waals surface area contributed by atoms with Gasteiger partial charge in [0.05, 0.1) is 0 Å². The summed E-state index contributed by atoms with van der Waals surface area (Å²) in [6.45, 7) is -0.775. The molecule has 4 radical (unpaired) electrons. The molecule has 0 saturated carbocycles. The van der Waals surface area contributed by atoms with E-state index in [0.717, 1.165) is 4.90 Å². The van der Waals surface area contributed by atoms with Crippen LogP contribution in [0.5, 0.6) is 0 Å². The van der Waals surface area contributed by atoms with Gasteiger partial charge in [-0.1, -0.05) is 0 Å². The Hall–Kier alpha value is 1.41. The molecule has 0 spiro atoms. The minimum Gasteiger partial charge on any atom is 0 e. The molecule has 0 N–H and O–H groups in total. The monoisotopic (exact) mass is 528 g/mol. The van der Waals surface area contributed by atoms with Crippen LogP contribution in [0.1, 0.15) is 0 Å². The second-order valence-corrected chi connectivity index (χ2v) is 2.63. The van der Waals surface area contributed by atoms with E-state index in [1.54, 1.807) is 0 Å². The van der Waals surface area contributed by atoms with E-state index in [-0.39, 0.29) is 35.8 Å². The molecule has 0 aliphatic heterocycles. The minimum atomic E-state index is -0.775. The van der Waals surface area contributed by atoms with Gasteiger partial charge in [-0.05, 0) is 0 Å². The van der Waals surface area contributed by atoms with Gasteiger partial charge in [0.15, 0.2) is 0 Å². The molecule has 8 heavy (non-hydrogen) atoms. The molecule has 0 aromatic heterocycles. The topological polar surface area (TPSA) is 20.3 Å². The van der Waals surface area contributed by atoms with Crippen LogP contribution in [-0.2, 0) is 0 Å². The first-order chi connectivity index (χ1) is 3.18. The quantitative estimate of drug-likeness (QED) is 0.273. The molecule has 0 heterocycles. The van der Waals surface area contributed by atoms with Crippen molar-refractivity contribution in [2.75, 3.05) is 6.80 Å². The number of rotatable bonds is 1. The number of carbonyl (C=O) groups is 1. The largest absolute Gasteiger partial charge is 0 e. The molecule has 0 saturated heterocycles. The van der Waals surface area contributed by atoms with Gasteiger partial charge in [-0.25, -0.2) is 0 Å². The molecule has 0 aliphatic carbocycles. The van der Waals surface area contributed by atoms with Gasteiger partial charge in [-0.2, -0.15) is 0 Å². The Morgan fingerprint density at radius 2 is 2.25 bits per heavy atom. The van der Waals surface area contributed by atoms with E-state index in [0.29, 0.717) is 25.8 Å². The molecule has 5 heteroatoms. The van der Waals surface area contributed by atoms with Crippen LogP contribution in [-0.4, -0.2) is 40.9 Å². The van der Waals surface area contributed by atoms with Gasteiger partial charge in [0.1, 0.15) is 0 Å². The van der Waals surface area contributed by atoms with Gasteiger partial charge in [0, 0.05) is 32.3 Å². The molecule has 0 unspecified atom stereocenters. The summed E-state index contributed by atoms with van der Waals surface area (Å²) >= 11 is 0.347. The summed E-state index contributed by atoms with van der Waals surface area (Å²) in [5.41, 5.74) is 0. The standard InChI is InChI=1S/C3H4FNO.Pa.Pb/c1-5(2-4)3-6;;/h1-2H2;;/q-1;;. The van der Waals surface area contributed by atoms with Crippen molar-refractivity contribution in [2.45, 2.75) is 0 Å². The van der Waals surface area contributed by atoms with E-state index in [2.05, 4.69) is 7.05 Å². The third-order valence-corrected chi connectivity index (χ3v) is 1.66. The van der Waals surface area contributed by atoms with Crippen molar-refractivity contribution in [3.05, 3.63) is 7.05 Å². The first-order valence-electron chi connectivity index (χ1n) is 1.58. The Bertz CT molecular complexity index is 81.7. The molecule has 0 atom stereocenters. The molecular formula is C3H4FNOPaPb-. The van der Waals surface area contributed by atoms with Crippen LogP contribution >= 0.6 is 0 Å². The zero-order valence-corrected chi connectivity index (χ0v) is 12.9. The molecule has 1 amide bonds. The summed E-state index contributed by atoms with van der Waals surface area (Å²) in [5.74, 6) is 0. The number of alkyl halides is 1. The Kier molecular flexibility index (Phi) is 9.90. The third kappa shape index (κ3) is 5.55. The summed E-state index contributed by atoms with van der Waals surface area (Å²) in [6.07, 6.45) is 0. The van der Waals surface area contributed by atoms with Gasteiger partial charge in [0.2, 0.25) is 0 Å².